The number of halogens is 4. The summed E-state index contributed by atoms with van der Waals surface area (Å²) >= 11 is 3.14. The third-order valence-corrected chi connectivity index (χ3v) is 3.48. The van der Waals surface area contributed by atoms with E-state index in [-0.39, 0.29) is 18.9 Å². The molecule has 102 valence electrons. The monoisotopic (exact) mass is 328 g/mol. The van der Waals surface area contributed by atoms with E-state index in [2.05, 4.69) is 26.1 Å². The number of nitrogens with zero attached hydrogens (tertiary/aromatic N) is 4. The minimum atomic E-state index is -4.47. The maximum absolute atomic E-state index is 12.6. The van der Waals surface area contributed by atoms with Crippen molar-refractivity contribution in [3.8, 4) is 0 Å². The minimum absolute atomic E-state index is 0.187. The van der Waals surface area contributed by atoms with E-state index in [4.69, 9.17) is 0 Å². The predicted octanol–water partition coefficient (Wildman–Crippen LogP) is 0.868. The topological polar surface area (TPSA) is 54.2 Å². The Kier molecular flexibility index (Phi) is 3.93. The smallest absolute Gasteiger partial charge is 0.391 e. The number of aliphatic hydroxyl groups excluding tert-OH is 1. The fourth-order valence-electron chi connectivity index (χ4n) is 1.92. The Morgan fingerprint density at radius 1 is 1.33 bits per heavy atom. The van der Waals surface area contributed by atoms with Gasteiger partial charge in [0.05, 0.1) is 12.6 Å². The van der Waals surface area contributed by atoms with Gasteiger partial charge in [-0.3, -0.25) is 4.90 Å². The highest BCUT2D eigenvalue weighted by Gasteiger charge is 2.39. The van der Waals surface area contributed by atoms with E-state index in [1.165, 1.54) is 0 Å². The van der Waals surface area contributed by atoms with Gasteiger partial charge in [-0.2, -0.15) is 13.2 Å². The molecule has 1 aromatic heterocycles. The largest absolute Gasteiger partial charge is 0.451 e. The van der Waals surface area contributed by atoms with Crippen molar-refractivity contribution in [1.82, 2.24) is 19.7 Å². The SMILES string of the molecule is OC(CBr)CN1CCn2c(nnc2C(F)(F)F)C1. The fourth-order valence-corrected chi connectivity index (χ4v) is 2.12. The molecule has 1 aromatic rings. The van der Waals surface area contributed by atoms with E-state index in [0.29, 0.717) is 18.4 Å². The lowest BCUT2D eigenvalue weighted by molar-refractivity contribution is -0.148. The molecule has 18 heavy (non-hydrogen) atoms. The lowest BCUT2D eigenvalue weighted by Gasteiger charge is -2.29. The number of β-amino-alcohol motifs (C(OH)–C–C–N with tert-alkyl or cyclic N) is 1. The van der Waals surface area contributed by atoms with Crippen molar-refractivity contribution < 1.29 is 18.3 Å². The third-order valence-electron chi connectivity index (χ3n) is 2.73. The molecule has 0 aromatic carbocycles. The zero-order chi connectivity index (χ0) is 13.3. The summed E-state index contributed by atoms with van der Waals surface area (Å²) in [5.74, 6) is -0.659. The van der Waals surface area contributed by atoms with E-state index in [1.54, 1.807) is 0 Å². The average Bonchev–Trinajstić information content (AvgIpc) is 2.71. The van der Waals surface area contributed by atoms with Crippen LogP contribution in [0.4, 0.5) is 13.2 Å². The van der Waals surface area contributed by atoms with Crippen LogP contribution in [-0.2, 0) is 19.3 Å². The Hall–Kier alpha value is -0.670. The van der Waals surface area contributed by atoms with Gasteiger partial charge in [0.2, 0.25) is 5.82 Å². The van der Waals surface area contributed by atoms with Gasteiger partial charge in [-0.15, -0.1) is 10.2 Å². The molecule has 0 saturated heterocycles. The van der Waals surface area contributed by atoms with Crippen molar-refractivity contribution in [2.45, 2.75) is 25.4 Å². The van der Waals surface area contributed by atoms with E-state index in [0.717, 1.165) is 4.57 Å². The van der Waals surface area contributed by atoms with Gasteiger partial charge < -0.3 is 9.67 Å². The number of rotatable bonds is 3. The van der Waals surface area contributed by atoms with Gasteiger partial charge in [-0.25, -0.2) is 0 Å². The van der Waals surface area contributed by atoms with Gasteiger partial charge in [0, 0.05) is 25.0 Å². The molecule has 5 nitrogen and oxygen atoms in total. The lowest BCUT2D eigenvalue weighted by Crippen LogP contribution is -2.40. The molecule has 0 saturated carbocycles. The van der Waals surface area contributed by atoms with Crippen LogP contribution in [0, 0.1) is 0 Å². The van der Waals surface area contributed by atoms with Crippen molar-refractivity contribution >= 4 is 15.9 Å². The highest BCUT2D eigenvalue weighted by molar-refractivity contribution is 9.09. The maximum Gasteiger partial charge on any atom is 0.451 e. The molecule has 9 heteroatoms. The zero-order valence-corrected chi connectivity index (χ0v) is 10.9. The van der Waals surface area contributed by atoms with Gasteiger partial charge in [0.25, 0.3) is 0 Å². The summed E-state index contributed by atoms with van der Waals surface area (Å²) in [5.41, 5.74) is 0. The van der Waals surface area contributed by atoms with Crippen molar-refractivity contribution in [3.05, 3.63) is 11.6 Å². The number of aromatic nitrogens is 3. The van der Waals surface area contributed by atoms with Crippen LogP contribution >= 0.6 is 15.9 Å². The van der Waals surface area contributed by atoms with E-state index in [1.807, 2.05) is 4.90 Å². The molecule has 2 rings (SSSR count). The second-order valence-corrected chi connectivity index (χ2v) is 4.78. The number of hydrogen-bond donors (Lipinski definition) is 1. The fraction of sp³-hybridized carbons (Fsp3) is 0.778. The Bertz CT molecular complexity index is 422. The molecule has 1 aliphatic heterocycles. The van der Waals surface area contributed by atoms with Crippen molar-refractivity contribution in [2.24, 2.45) is 0 Å². The predicted molar refractivity (Wildman–Crippen MR) is 60.1 cm³/mol. The molecule has 1 aliphatic rings. The van der Waals surface area contributed by atoms with Crippen LogP contribution in [0.1, 0.15) is 11.6 Å². The molecule has 0 bridgehead atoms. The summed E-state index contributed by atoms with van der Waals surface area (Å²) in [6, 6.07) is 0. The first-order valence-electron chi connectivity index (χ1n) is 5.37. The van der Waals surface area contributed by atoms with Crippen molar-refractivity contribution in [3.63, 3.8) is 0 Å². The molecular weight excluding hydrogens is 317 g/mol. The number of alkyl halides is 4. The molecule has 0 fully saturated rings. The van der Waals surface area contributed by atoms with Crippen molar-refractivity contribution in [2.75, 3.05) is 18.4 Å². The van der Waals surface area contributed by atoms with Gasteiger partial charge >= 0.3 is 6.18 Å². The average molecular weight is 329 g/mol. The van der Waals surface area contributed by atoms with Gasteiger partial charge in [0.1, 0.15) is 5.82 Å². The second kappa shape index (κ2) is 5.14. The van der Waals surface area contributed by atoms with Crippen LogP contribution in [0.5, 0.6) is 0 Å². The standard InChI is InChI=1S/C9H12BrF3N4O/c10-3-6(18)4-16-1-2-17-7(5-16)14-15-8(17)9(11,12)13/h6,18H,1-5H2. The molecule has 0 aliphatic carbocycles. The van der Waals surface area contributed by atoms with Gasteiger partial charge in [0.15, 0.2) is 0 Å². The minimum Gasteiger partial charge on any atom is -0.391 e. The first-order chi connectivity index (χ1) is 8.41. The summed E-state index contributed by atoms with van der Waals surface area (Å²) in [4.78, 5) is 1.86. The van der Waals surface area contributed by atoms with Crippen LogP contribution in [0.15, 0.2) is 0 Å². The first kappa shape index (κ1) is 13.8. The molecule has 1 atom stereocenters. The Balaban J connectivity index is 2.10. The highest BCUT2D eigenvalue weighted by atomic mass is 79.9. The molecular formula is C9H12BrF3N4O. The van der Waals surface area contributed by atoms with Crippen LogP contribution in [0.2, 0.25) is 0 Å². The normalized spacial score (nSPS) is 18.7. The summed E-state index contributed by atoms with van der Waals surface area (Å²) < 4.78 is 38.9. The van der Waals surface area contributed by atoms with Crippen LogP contribution < -0.4 is 0 Å². The van der Waals surface area contributed by atoms with E-state index in [9.17, 15) is 18.3 Å². The highest BCUT2D eigenvalue weighted by Crippen LogP contribution is 2.29. The third kappa shape index (κ3) is 2.83. The molecule has 0 spiro atoms. The molecule has 1 N–H and O–H groups in total. The summed E-state index contributed by atoms with van der Waals surface area (Å²) in [5, 5.41) is 16.7. The Morgan fingerprint density at radius 2 is 2.06 bits per heavy atom. The molecule has 2 heterocycles. The Labute approximate surface area is 110 Å². The molecule has 1 unspecified atom stereocenters. The maximum atomic E-state index is 12.6. The Morgan fingerprint density at radius 3 is 2.67 bits per heavy atom. The first-order valence-corrected chi connectivity index (χ1v) is 6.49. The summed E-state index contributed by atoms with van der Waals surface area (Å²) in [7, 11) is 0. The second-order valence-electron chi connectivity index (χ2n) is 4.13. The number of hydrogen-bond acceptors (Lipinski definition) is 4. The van der Waals surface area contributed by atoms with Crippen LogP contribution in [0.25, 0.3) is 0 Å². The lowest BCUT2D eigenvalue weighted by atomic mass is 10.3. The van der Waals surface area contributed by atoms with Crippen molar-refractivity contribution in [1.29, 1.82) is 0 Å². The molecule has 0 amide bonds. The summed E-state index contributed by atoms with van der Waals surface area (Å²) in [6.07, 6.45) is -5.01. The molecule has 0 radical (unpaired) electrons. The summed E-state index contributed by atoms with van der Waals surface area (Å²) in [6.45, 7) is 1.30. The van der Waals surface area contributed by atoms with E-state index >= 15 is 0 Å². The number of fused-ring (bicyclic) bond motifs is 1. The number of aliphatic hydroxyl groups is 1. The van der Waals surface area contributed by atoms with Crippen LogP contribution in [-0.4, -0.2) is 49.3 Å². The van der Waals surface area contributed by atoms with Gasteiger partial charge in [-0.05, 0) is 0 Å². The van der Waals surface area contributed by atoms with Gasteiger partial charge in [-0.1, -0.05) is 15.9 Å². The van der Waals surface area contributed by atoms with E-state index < -0.39 is 18.1 Å². The zero-order valence-electron chi connectivity index (χ0n) is 9.36. The van der Waals surface area contributed by atoms with Crippen LogP contribution in [0.3, 0.4) is 0 Å². The quantitative estimate of drug-likeness (QED) is 0.836.